The highest BCUT2D eigenvalue weighted by atomic mass is 19.1. The van der Waals surface area contributed by atoms with Gasteiger partial charge in [0.15, 0.2) is 5.82 Å². The number of aliphatic carboxylic acids is 1. The summed E-state index contributed by atoms with van der Waals surface area (Å²) in [6.07, 6.45) is -4.41. The lowest BCUT2D eigenvalue weighted by atomic mass is 10.0. The number of rotatable bonds is 5. The smallest absolute Gasteiger partial charge is 0.314 e. The van der Waals surface area contributed by atoms with Gasteiger partial charge in [-0.15, -0.1) is 0 Å². The van der Waals surface area contributed by atoms with Gasteiger partial charge in [-0.05, 0) is 11.6 Å². The van der Waals surface area contributed by atoms with Gasteiger partial charge in [0.05, 0.1) is 17.4 Å². The minimum Gasteiger partial charge on any atom is -0.500 e. The van der Waals surface area contributed by atoms with E-state index < -0.39 is 52.3 Å². The number of halogens is 1. The summed E-state index contributed by atoms with van der Waals surface area (Å²) in [6, 6.07) is 1.24. The Hall–Kier alpha value is -2.26. The highest BCUT2D eigenvalue weighted by molar-refractivity contribution is 5.67. The zero-order valence-electron chi connectivity index (χ0n) is 9.36. The van der Waals surface area contributed by atoms with Gasteiger partial charge in [-0.25, -0.2) is 4.39 Å². The van der Waals surface area contributed by atoms with E-state index in [0.717, 1.165) is 0 Å². The van der Waals surface area contributed by atoms with Gasteiger partial charge in [0, 0.05) is 6.07 Å². The summed E-state index contributed by atoms with van der Waals surface area (Å²) < 4.78 is 13.2. The third-order valence-corrected chi connectivity index (χ3v) is 2.35. The van der Waals surface area contributed by atoms with E-state index in [0.29, 0.717) is 12.1 Å². The van der Waals surface area contributed by atoms with Crippen LogP contribution in [-0.2, 0) is 4.79 Å². The fraction of sp³-hybridized carbons (Fsp3) is 0.300. The van der Waals surface area contributed by atoms with Gasteiger partial charge in [0.2, 0.25) is 5.75 Å². The fourth-order valence-corrected chi connectivity index (χ4v) is 1.43. The maximum Gasteiger partial charge on any atom is 0.314 e. The number of nitro groups is 1. The maximum atomic E-state index is 13.2. The molecule has 0 aliphatic carbocycles. The van der Waals surface area contributed by atoms with Gasteiger partial charge >= 0.3 is 11.7 Å². The van der Waals surface area contributed by atoms with E-state index in [9.17, 15) is 29.5 Å². The van der Waals surface area contributed by atoms with Gasteiger partial charge in [-0.3, -0.25) is 14.9 Å². The minimum atomic E-state index is -1.83. The molecule has 0 aliphatic rings. The molecule has 19 heavy (non-hydrogen) atoms. The zero-order valence-corrected chi connectivity index (χ0v) is 9.36. The number of hydrogen-bond acceptors (Lipinski definition) is 6. The molecule has 0 heterocycles. The van der Waals surface area contributed by atoms with E-state index >= 15 is 0 Å². The van der Waals surface area contributed by atoms with Gasteiger partial charge in [0.1, 0.15) is 6.10 Å². The average molecular weight is 275 g/mol. The molecule has 0 amide bonds. The molecular weight excluding hydrogens is 265 g/mol. The maximum absolute atomic E-state index is 13.2. The molecule has 0 spiro atoms. The third kappa shape index (κ3) is 3.36. The van der Waals surface area contributed by atoms with Crippen LogP contribution in [0, 0.1) is 15.9 Å². The van der Waals surface area contributed by atoms with Crippen LogP contribution < -0.4 is 0 Å². The number of aromatic hydroxyl groups is 1. The van der Waals surface area contributed by atoms with Crippen LogP contribution in [0.15, 0.2) is 12.1 Å². The number of carbonyl (C=O) groups is 1. The van der Waals surface area contributed by atoms with Crippen LogP contribution in [0.5, 0.6) is 5.75 Å². The van der Waals surface area contributed by atoms with Gasteiger partial charge in [-0.2, -0.15) is 0 Å². The highest BCUT2D eigenvalue weighted by Crippen LogP contribution is 2.33. The number of carboxylic acid groups (broad SMARTS) is 1. The molecule has 0 saturated carbocycles. The Bertz CT molecular complexity index is 519. The van der Waals surface area contributed by atoms with Crippen LogP contribution in [0.3, 0.4) is 0 Å². The average Bonchev–Trinajstić information content (AvgIpc) is 2.30. The number of nitro benzene ring substituents is 1. The van der Waals surface area contributed by atoms with Gasteiger partial charge in [-0.1, -0.05) is 0 Å². The van der Waals surface area contributed by atoms with E-state index in [1.807, 2.05) is 0 Å². The van der Waals surface area contributed by atoms with Crippen LogP contribution in [0.2, 0.25) is 0 Å². The molecule has 2 atom stereocenters. The number of phenols is 1. The lowest BCUT2D eigenvalue weighted by Gasteiger charge is -2.16. The summed E-state index contributed by atoms with van der Waals surface area (Å²) in [5.74, 6) is -3.96. The molecular formula is C10H10FNO7. The normalized spacial score (nSPS) is 13.8. The van der Waals surface area contributed by atoms with Crippen molar-refractivity contribution >= 4 is 11.7 Å². The van der Waals surface area contributed by atoms with Crippen molar-refractivity contribution < 1.29 is 34.5 Å². The summed E-state index contributed by atoms with van der Waals surface area (Å²) in [7, 11) is 0. The molecule has 1 aromatic carbocycles. The first kappa shape index (κ1) is 14.8. The van der Waals surface area contributed by atoms with Crippen LogP contribution in [0.4, 0.5) is 10.1 Å². The Morgan fingerprint density at radius 1 is 1.42 bits per heavy atom. The lowest BCUT2D eigenvalue weighted by molar-refractivity contribution is -0.386. The Labute approximate surface area is 105 Å². The van der Waals surface area contributed by atoms with Crippen molar-refractivity contribution in [2.24, 2.45) is 0 Å². The monoisotopic (exact) mass is 275 g/mol. The predicted octanol–water partition coefficient (Wildman–Crippen LogP) is 0.309. The zero-order chi connectivity index (χ0) is 14.7. The number of benzene rings is 1. The topological polar surface area (TPSA) is 141 Å². The van der Waals surface area contributed by atoms with E-state index in [2.05, 4.69) is 0 Å². The van der Waals surface area contributed by atoms with Crippen LogP contribution >= 0.6 is 0 Å². The second-order valence-corrected chi connectivity index (χ2v) is 3.74. The van der Waals surface area contributed by atoms with Crippen molar-refractivity contribution in [3.8, 4) is 5.75 Å². The molecule has 4 N–H and O–H groups in total. The fourth-order valence-electron chi connectivity index (χ4n) is 1.43. The second kappa shape index (κ2) is 5.59. The van der Waals surface area contributed by atoms with Gasteiger partial charge < -0.3 is 20.4 Å². The van der Waals surface area contributed by atoms with Crippen molar-refractivity contribution in [2.75, 3.05) is 0 Å². The number of aliphatic hydroxyl groups excluding tert-OH is 2. The van der Waals surface area contributed by atoms with Crippen molar-refractivity contribution in [1.82, 2.24) is 0 Å². The van der Waals surface area contributed by atoms with Crippen molar-refractivity contribution in [1.29, 1.82) is 0 Å². The molecule has 9 heteroatoms. The first-order valence-electron chi connectivity index (χ1n) is 4.98. The van der Waals surface area contributed by atoms with Crippen LogP contribution in [0.1, 0.15) is 18.1 Å². The number of aliphatic hydroxyl groups is 2. The molecule has 2 unspecified atom stereocenters. The number of carboxylic acids is 1. The Morgan fingerprint density at radius 2 is 2.00 bits per heavy atom. The molecule has 104 valence electrons. The van der Waals surface area contributed by atoms with Gasteiger partial charge in [0.25, 0.3) is 0 Å². The minimum absolute atomic E-state index is 0.407. The molecule has 0 aromatic heterocycles. The van der Waals surface area contributed by atoms with E-state index in [1.165, 1.54) is 0 Å². The molecule has 0 radical (unpaired) electrons. The SMILES string of the molecule is O=C(O)CC(O)C(O)c1cc(F)c(O)c([N+](=O)[O-])c1. The molecule has 1 aromatic rings. The van der Waals surface area contributed by atoms with Crippen molar-refractivity contribution in [3.05, 3.63) is 33.6 Å². The van der Waals surface area contributed by atoms with E-state index in [1.54, 1.807) is 0 Å². The number of hydrogen-bond donors (Lipinski definition) is 4. The van der Waals surface area contributed by atoms with Crippen molar-refractivity contribution in [3.63, 3.8) is 0 Å². The second-order valence-electron chi connectivity index (χ2n) is 3.74. The van der Waals surface area contributed by atoms with Crippen LogP contribution in [0.25, 0.3) is 0 Å². The van der Waals surface area contributed by atoms with Crippen LogP contribution in [-0.4, -0.2) is 37.4 Å². The molecule has 0 saturated heterocycles. The molecule has 0 aliphatic heterocycles. The summed E-state index contributed by atoms with van der Waals surface area (Å²) in [5, 5.41) is 47.0. The standard InChI is InChI=1S/C10H10FNO7/c11-5-1-4(2-6(10(5)17)12(18)19)9(16)7(13)3-8(14)15/h1-2,7,9,13,16-17H,3H2,(H,14,15). The Morgan fingerprint density at radius 3 is 2.47 bits per heavy atom. The molecule has 0 fully saturated rings. The summed E-state index contributed by atoms with van der Waals surface area (Å²) in [4.78, 5) is 19.8. The first-order valence-corrected chi connectivity index (χ1v) is 4.98. The third-order valence-electron chi connectivity index (χ3n) is 2.35. The summed E-state index contributed by atoms with van der Waals surface area (Å²) in [6.45, 7) is 0. The Balaban J connectivity index is 3.14. The predicted molar refractivity (Wildman–Crippen MR) is 57.9 cm³/mol. The quantitative estimate of drug-likeness (QED) is 0.447. The van der Waals surface area contributed by atoms with E-state index in [-0.39, 0.29) is 0 Å². The lowest BCUT2D eigenvalue weighted by Crippen LogP contribution is -2.22. The molecule has 8 nitrogen and oxygen atoms in total. The number of phenolic OH excluding ortho intramolecular Hbond substituents is 1. The highest BCUT2D eigenvalue weighted by Gasteiger charge is 2.26. The largest absolute Gasteiger partial charge is 0.500 e. The van der Waals surface area contributed by atoms with Crippen molar-refractivity contribution in [2.45, 2.75) is 18.6 Å². The summed E-state index contributed by atoms with van der Waals surface area (Å²) in [5.41, 5.74) is -1.40. The number of nitrogens with zero attached hydrogens (tertiary/aromatic N) is 1. The Kier molecular flexibility index (Phi) is 4.35. The molecule has 0 bridgehead atoms. The summed E-state index contributed by atoms with van der Waals surface area (Å²) >= 11 is 0. The van der Waals surface area contributed by atoms with E-state index in [4.69, 9.17) is 10.2 Å². The first-order chi connectivity index (χ1) is 8.73. The molecule has 1 rings (SSSR count).